The number of likely N-dealkylation sites (tertiary alicyclic amines) is 2. The largest absolute Gasteiger partial charge is 0.465 e. The third kappa shape index (κ3) is 7.98. The molecule has 4 aromatic carbocycles. The van der Waals surface area contributed by atoms with Gasteiger partial charge in [-0.25, -0.2) is 14.8 Å². The molecule has 4 heterocycles. The highest BCUT2D eigenvalue weighted by molar-refractivity contribution is 6.30. The minimum absolute atomic E-state index is 0.0491. The van der Waals surface area contributed by atoms with Crippen LogP contribution < -0.4 is 5.32 Å². The molecule has 1 unspecified atom stereocenters. The standard InChI is InChI=1S/C45H45ClN8O4/c1-52(2)40(33-20-22-34(46)23-21-33)44(56)54-25-7-11-38(54)42-48-27-36(50-42)31-18-14-29(15-19-31)28-12-16-30(17-13-28)35-26-47-41(49-35)37-10-6-24-53(37)43(55)39(51-45(57)58)32-8-4-3-5-9-32/h3-5,8-9,12-23,26-27,37-40,51H,6-7,10-11,24-25H2,1-2H3,(H,47,49)(H,48,50)(H,57,58)/t37-,38-,39+,40?/m0/s1. The van der Waals surface area contributed by atoms with E-state index in [0.717, 1.165) is 70.7 Å². The van der Waals surface area contributed by atoms with E-state index in [9.17, 15) is 19.5 Å². The summed E-state index contributed by atoms with van der Waals surface area (Å²) in [5.41, 5.74) is 7.30. The lowest BCUT2D eigenvalue weighted by atomic mass is 10.0. The fourth-order valence-corrected chi connectivity index (χ4v) is 8.43. The Morgan fingerprint density at radius 1 is 0.690 bits per heavy atom. The minimum Gasteiger partial charge on any atom is -0.465 e. The fraction of sp³-hybridized carbons (Fsp3) is 0.267. The van der Waals surface area contributed by atoms with Crippen LogP contribution in [0.2, 0.25) is 5.02 Å². The molecule has 8 rings (SSSR count). The molecule has 0 bridgehead atoms. The summed E-state index contributed by atoms with van der Waals surface area (Å²) in [6.45, 7) is 1.19. The van der Waals surface area contributed by atoms with Crippen LogP contribution in [0.3, 0.4) is 0 Å². The second-order valence-electron chi connectivity index (χ2n) is 15.1. The second-order valence-corrected chi connectivity index (χ2v) is 15.5. The molecule has 0 saturated carbocycles. The van der Waals surface area contributed by atoms with Gasteiger partial charge in [-0.15, -0.1) is 0 Å². The van der Waals surface area contributed by atoms with Crippen LogP contribution in [0, 0.1) is 0 Å². The maximum atomic E-state index is 14.0. The quantitative estimate of drug-likeness (QED) is 0.103. The smallest absolute Gasteiger partial charge is 0.405 e. The molecule has 2 aromatic heterocycles. The molecule has 4 N–H and O–H groups in total. The SMILES string of the molecule is CN(C)C(C(=O)N1CCC[C@H]1c1ncc(-c2ccc(-c3ccc(-c4cnc([C@@H]5CCCN5C(=O)[C@H](NC(=O)O)c5ccccc5)[nH]4)cc3)cc2)[nH]1)c1ccc(Cl)cc1. The molecule has 13 heteroatoms. The Labute approximate surface area is 341 Å². The van der Waals surface area contributed by atoms with E-state index >= 15 is 0 Å². The molecule has 58 heavy (non-hydrogen) atoms. The van der Waals surface area contributed by atoms with Crippen LogP contribution in [-0.4, -0.2) is 84.8 Å². The van der Waals surface area contributed by atoms with Crippen LogP contribution in [0.5, 0.6) is 0 Å². The van der Waals surface area contributed by atoms with E-state index in [4.69, 9.17) is 16.6 Å². The molecule has 4 atom stereocenters. The van der Waals surface area contributed by atoms with Crippen molar-refractivity contribution in [1.82, 2.24) is 40.0 Å². The summed E-state index contributed by atoms with van der Waals surface area (Å²) < 4.78 is 0. The molecular formula is C45H45ClN8O4. The van der Waals surface area contributed by atoms with Crippen LogP contribution in [0.4, 0.5) is 4.79 Å². The Morgan fingerprint density at radius 2 is 1.17 bits per heavy atom. The van der Waals surface area contributed by atoms with Gasteiger partial charge in [0.25, 0.3) is 5.91 Å². The molecule has 0 spiro atoms. The average molecular weight is 797 g/mol. The first kappa shape index (κ1) is 38.6. The lowest BCUT2D eigenvalue weighted by molar-refractivity contribution is -0.137. The van der Waals surface area contributed by atoms with Crippen LogP contribution in [0.15, 0.2) is 116 Å². The first-order valence-electron chi connectivity index (χ1n) is 19.5. The van der Waals surface area contributed by atoms with Gasteiger partial charge in [-0.3, -0.25) is 14.5 Å². The molecule has 2 fully saturated rings. The normalized spacial score (nSPS) is 17.7. The van der Waals surface area contributed by atoms with Crippen molar-refractivity contribution in [2.75, 3.05) is 27.2 Å². The van der Waals surface area contributed by atoms with E-state index in [1.165, 1.54) is 0 Å². The number of hydrogen-bond donors (Lipinski definition) is 4. The molecule has 3 amide bonds. The number of carbonyl (C=O) groups is 3. The van der Waals surface area contributed by atoms with E-state index in [1.807, 2.05) is 72.6 Å². The number of amides is 3. The van der Waals surface area contributed by atoms with Gasteiger partial charge in [-0.2, -0.15) is 0 Å². The van der Waals surface area contributed by atoms with Gasteiger partial charge in [0.2, 0.25) is 5.91 Å². The summed E-state index contributed by atoms with van der Waals surface area (Å²) in [6.07, 6.45) is 5.64. The molecule has 12 nitrogen and oxygen atoms in total. The van der Waals surface area contributed by atoms with Gasteiger partial charge in [-0.1, -0.05) is 103 Å². The average Bonchev–Trinajstić information content (AvgIpc) is 4.08. The number of benzene rings is 4. The van der Waals surface area contributed by atoms with Crippen molar-refractivity contribution in [1.29, 1.82) is 0 Å². The van der Waals surface area contributed by atoms with E-state index in [-0.39, 0.29) is 23.9 Å². The summed E-state index contributed by atoms with van der Waals surface area (Å²) in [6, 6.07) is 31.1. The first-order valence-corrected chi connectivity index (χ1v) is 19.9. The molecule has 6 aromatic rings. The lowest BCUT2D eigenvalue weighted by Gasteiger charge is -2.31. The van der Waals surface area contributed by atoms with Gasteiger partial charge in [0, 0.05) is 18.1 Å². The summed E-state index contributed by atoms with van der Waals surface area (Å²) >= 11 is 6.14. The summed E-state index contributed by atoms with van der Waals surface area (Å²) in [7, 11) is 3.84. The van der Waals surface area contributed by atoms with Crippen LogP contribution in [-0.2, 0) is 9.59 Å². The maximum absolute atomic E-state index is 14.0. The predicted molar refractivity (Wildman–Crippen MR) is 223 cm³/mol. The summed E-state index contributed by atoms with van der Waals surface area (Å²) in [5.74, 6) is 1.21. The zero-order valence-electron chi connectivity index (χ0n) is 32.3. The Morgan fingerprint density at radius 3 is 1.66 bits per heavy atom. The van der Waals surface area contributed by atoms with Gasteiger partial charge in [-0.05, 0) is 85.3 Å². The van der Waals surface area contributed by atoms with Crippen molar-refractivity contribution in [3.8, 4) is 33.6 Å². The van der Waals surface area contributed by atoms with Crippen molar-refractivity contribution >= 4 is 29.5 Å². The van der Waals surface area contributed by atoms with Crippen molar-refractivity contribution in [3.05, 3.63) is 143 Å². The fourth-order valence-electron chi connectivity index (χ4n) is 8.31. The molecule has 296 valence electrons. The van der Waals surface area contributed by atoms with Crippen LogP contribution in [0.1, 0.15) is 72.6 Å². The van der Waals surface area contributed by atoms with Crippen molar-refractivity contribution in [2.45, 2.75) is 49.9 Å². The van der Waals surface area contributed by atoms with Gasteiger partial charge in [0.05, 0.1) is 35.9 Å². The summed E-state index contributed by atoms with van der Waals surface area (Å²) in [5, 5.41) is 12.5. The Hall–Kier alpha value is -6.24. The van der Waals surface area contributed by atoms with Gasteiger partial charge >= 0.3 is 6.09 Å². The van der Waals surface area contributed by atoms with E-state index < -0.39 is 18.2 Å². The Bertz CT molecular complexity index is 2380. The molecule has 2 aliphatic rings. The molecular weight excluding hydrogens is 752 g/mol. The molecule has 0 aliphatic carbocycles. The van der Waals surface area contributed by atoms with Crippen LogP contribution in [0.25, 0.3) is 33.6 Å². The Balaban J connectivity index is 0.928. The number of H-pyrrole nitrogens is 2. The third-order valence-electron chi connectivity index (χ3n) is 11.2. The lowest BCUT2D eigenvalue weighted by Crippen LogP contribution is -2.42. The highest BCUT2D eigenvalue weighted by Crippen LogP contribution is 2.37. The predicted octanol–water partition coefficient (Wildman–Crippen LogP) is 8.43. The zero-order valence-corrected chi connectivity index (χ0v) is 33.1. The molecule has 2 saturated heterocycles. The number of nitrogens with zero attached hydrogens (tertiary/aromatic N) is 5. The number of nitrogens with one attached hydrogen (secondary N) is 3. The first-order chi connectivity index (χ1) is 28.1. The van der Waals surface area contributed by atoms with Crippen molar-refractivity contribution in [3.63, 3.8) is 0 Å². The van der Waals surface area contributed by atoms with Gasteiger partial charge in [0.1, 0.15) is 23.7 Å². The maximum Gasteiger partial charge on any atom is 0.405 e. The highest BCUT2D eigenvalue weighted by atomic mass is 35.5. The van der Waals surface area contributed by atoms with Gasteiger partial charge < -0.3 is 30.2 Å². The van der Waals surface area contributed by atoms with Crippen LogP contribution >= 0.6 is 11.6 Å². The number of carboxylic acid groups (broad SMARTS) is 1. The minimum atomic E-state index is -1.25. The second kappa shape index (κ2) is 16.7. The number of carbonyl (C=O) groups excluding carboxylic acids is 2. The number of halogens is 1. The van der Waals surface area contributed by atoms with E-state index in [2.05, 4.69) is 56.7 Å². The zero-order chi connectivity index (χ0) is 40.3. The topological polar surface area (TPSA) is 151 Å². The van der Waals surface area contributed by atoms with E-state index in [0.29, 0.717) is 29.5 Å². The van der Waals surface area contributed by atoms with E-state index in [1.54, 1.807) is 35.4 Å². The van der Waals surface area contributed by atoms with Gasteiger partial charge in [0.15, 0.2) is 0 Å². The Kier molecular flexibility index (Phi) is 11.1. The number of imidazole rings is 2. The number of aromatic nitrogens is 4. The highest BCUT2D eigenvalue weighted by Gasteiger charge is 2.38. The number of rotatable bonds is 11. The molecule has 0 radical (unpaired) electrons. The van der Waals surface area contributed by atoms with Crippen molar-refractivity contribution in [2.24, 2.45) is 0 Å². The monoisotopic (exact) mass is 796 g/mol. The number of likely N-dealkylation sites (N-methyl/N-ethyl adjacent to an activating group) is 1. The number of hydrogen-bond acceptors (Lipinski definition) is 6. The molecule has 2 aliphatic heterocycles. The number of aromatic amines is 2. The summed E-state index contributed by atoms with van der Waals surface area (Å²) in [4.78, 5) is 61.3. The van der Waals surface area contributed by atoms with Crippen molar-refractivity contribution < 1.29 is 19.5 Å². The third-order valence-corrected chi connectivity index (χ3v) is 11.5.